The lowest BCUT2D eigenvalue weighted by Crippen LogP contribution is -2.42. The van der Waals surface area contributed by atoms with E-state index in [1.807, 2.05) is 18.2 Å². The second-order valence-corrected chi connectivity index (χ2v) is 13.5. The van der Waals surface area contributed by atoms with Crippen LogP contribution in [0, 0.1) is 17.2 Å². The summed E-state index contributed by atoms with van der Waals surface area (Å²) in [7, 11) is -1.85. The van der Waals surface area contributed by atoms with Gasteiger partial charge in [-0.05, 0) is 49.3 Å². The summed E-state index contributed by atoms with van der Waals surface area (Å²) in [6.07, 6.45) is 10.1. The second kappa shape index (κ2) is 13.9. The molecule has 44 heavy (non-hydrogen) atoms. The number of piperidine rings is 1. The van der Waals surface area contributed by atoms with Gasteiger partial charge in [0, 0.05) is 50.0 Å². The van der Waals surface area contributed by atoms with E-state index in [4.69, 9.17) is 11.6 Å². The third-order valence-electron chi connectivity index (χ3n) is 8.20. The van der Waals surface area contributed by atoms with Gasteiger partial charge in [0.15, 0.2) is 0 Å². The molecule has 2 aromatic heterocycles. The summed E-state index contributed by atoms with van der Waals surface area (Å²) in [5.41, 5.74) is 3.09. The maximum atomic E-state index is 11.8. The molecule has 3 aromatic rings. The number of aromatic nitrogens is 4. The predicted molar refractivity (Wildman–Crippen MR) is 166 cm³/mol. The molecule has 2 aliphatic rings. The van der Waals surface area contributed by atoms with Crippen LogP contribution in [0.5, 0.6) is 0 Å². The number of alkyl carbamates (subject to hydrolysis) is 1. The molecule has 3 heterocycles. The molecule has 13 nitrogen and oxygen atoms in total. The minimum atomic E-state index is -3.21. The molecule has 2 atom stereocenters. The number of rotatable bonds is 10. The van der Waals surface area contributed by atoms with Crippen molar-refractivity contribution in [1.29, 1.82) is 5.26 Å². The summed E-state index contributed by atoms with van der Waals surface area (Å²) in [4.78, 5) is 20.4. The number of nitriles is 1. The first-order chi connectivity index (χ1) is 21.1. The van der Waals surface area contributed by atoms with Crippen LogP contribution in [0.3, 0.4) is 0 Å². The topological polar surface area (TPSA) is 167 Å². The molecular formula is C29H36ClN9O4S. The second-order valence-electron chi connectivity index (χ2n) is 11.2. The minimum absolute atomic E-state index is 0.0133. The van der Waals surface area contributed by atoms with Crippen LogP contribution in [0.15, 0.2) is 36.8 Å². The lowest BCUT2D eigenvalue weighted by Gasteiger charge is -2.30. The van der Waals surface area contributed by atoms with Crippen LogP contribution >= 0.6 is 11.6 Å². The van der Waals surface area contributed by atoms with Gasteiger partial charge in [-0.1, -0.05) is 24.1 Å². The van der Waals surface area contributed by atoms with Crippen molar-refractivity contribution in [3.05, 3.63) is 52.9 Å². The number of carbonyl (C=O) groups is 1. The van der Waals surface area contributed by atoms with Crippen molar-refractivity contribution < 1.29 is 17.9 Å². The zero-order valence-corrected chi connectivity index (χ0v) is 26.2. The van der Waals surface area contributed by atoms with E-state index in [0.717, 1.165) is 24.8 Å². The molecule has 1 aliphatic carbocycles. The van der Waals surface area contributed by atoms with E-state index in [-0.39, 0.29) is 6.04 Å². The highest BCUT2D eigenvalue weighted by Gasteiger charge is 2.28. The monoisotopic (exact) mass is 641 g/mol. The summed E-state index contributed by atoms with van der Waals surface area (Å²) in [6.45, 7) is 2.07. The van der Waals surface area contributed by atoms with E-state index in [9.17, 15) is 18.5 Å². The SMILES string of the molecule is COC(=O)NCC1CCC[C@@H]1NCc1ccc(-n2cc(-c3nc(NC4CCN(S(C)(=O)=O)CC4)ncc3C#N)cn2)c(Cl)c1. The zero-order chi connectivity index (χ0) is 31.3. The van der Waals surface area contributed by atoms with Gasteiger partial charge in [0.2, 0.25) is 16.0 Å². The Hall–Kier alpha value is -3.77. The molecule has 234 valence electrons. The first kappa shape index (κ1) is 31.6. The largest absolute Gasteiger partial charge is 0.453 e. The molecule has 1 aromatic carbocycles. The van der Waals surface area contributed by atoms with E-state index in [2.05, 4.69) is 41.8 Å². The Morgan fingerprint density at radius 1 is 1.20 bits per heavy atom. The number of amides is 1. The third kappa shape index (κ3) is 7.65. The van der Waals surface area contributed by atoms with Crippen molar-refractivity contribution in [1.82, 2.24) is 34.7 Å². The number of halogens is 1. The van der Waals surface area contributed by atoms with Crippen LogP contribution < -0.4 is 16.0 Å². The highest BCUT2D eigenvalue weighted by molar-refractivity contribution is 7.88. The average molecular weight is 642 g/mol. The van der Waals surface area contributed by atoms with Crippen molar-refractivity contribution in [3.63, 3.8) is 0 Å². The van der Waals surface area contributed by atoms with Crippen molar-refractivity contribution in [3.8, 4) is 23.0 Å². The Morgan fingerprint density at radius 3 is 2.70 bits per heavy atom. The minimum Gasteiger partial charge on any atom is -0.453 e. The fraction of sp³-hybridized carbons (Fsp3) is 0.483. The van der Waals surface area contributed by atoms with Gasteiger partial charge in [0.1, 0.15) is 6.07 Å². The number of nitrogens with one attached hydrogen (secondary N) is 3. The van der Waals surface area contributed by atoms with E-state index in [0.29, 0.717) is 84.5 Å². The summed E-state index contributed by atoms with van der Waals surface area (Å²) in [5, 5.41) is 24.4. The first-order valence-corrected chi connectivity index (χ1v) is 16.7. The standard InChI is InChI=1S/C29H36ClN9O4S/c1-43-29(40)34-15-20-4-3-5-25(20)32-14-19-6-7-26(24(30)12-19)39-18-22(17-35-39)27-21(13-31)16-33-28(37-27)36-23-8-10-38(11-9-23)44(2,41)42/h6-7,12,16-18,20,23,25,32H,3-5,8-11,14-15H2,1-2H3,(H,34,40)(H,33,36,37)/t20?,25-/m0/s1. The Morgan fingerprint density at radius 2 is 2.00 bits per heavy atom. The van der Waals surface area contributed by atoms with Crippen LogP contribution in [-0.2, 0) is 21.3 Å². The molecule has 1 aliphatic heterocycles. The summed E-state index contributed by atoms with van der Waals surface area (Å²) < 4.78 is 31.4. The molecule has 1 saturated heterocycles. The van der Waals surface area contributed by atoms with Gasteiger partial charge in [-0.15, -0.1) is 0 Å². The van der Waals surface area contributed by atoms with E-state index in [1.165, 1.54) is 23.9 Å². The number of methoxy groups -OCH3 is 1. The molecule has 1 saturated carbocycles. The van der Waals surface area contributed by atoms with Gasteiger partial charge >= 0.3 is 6.09 Å². The fourth-order valence-corrected chi connectivity index (χ4v) is 6.94. The highest BCUT2D eigenvalue weighted by Crippen LogP contribution is 2.28. The maximum Gasteiger partial charge on any atom is 0.406 e. The van der Waals surface area contributed by atoms with Crippen LogP contribution in [0.1, 0.15) is 43.2 Å². The Labute approximate surface area is 262 Å². The van der Waals surface area contributed by atoms with Crippen molar-refractivity contribution >= 4 is 33.7 Å². The van der Waals surface area contributed by atoms with E-state index < -0.39 is 16.1 Å². The van der Waals surface area contributed by atoms with Gasteiger partial charge in [0.05, 0.1) is 47.7 Å². The molecule has 0 radical (unpaired) electrons. The number of benzene rings is 1. The smallest absolute Gasteiger partial charge is 0.406 e. The van der Waals surface area contributed by atoms with Gasteiger partial charge in [-0.25, -0.2) is 32.2 Å². The van der Waals surface area contributed by atoms with E-state index >= 15 is 0 Å². The summed E-state index contributed by atoms with van der Waals surface area (Å²) in [5.74, 6) is 0.708. The van der Waals surface area contributed by atoms with Gasteiger partial charge < -0.3 is 20.7 Å². The number of anilines is 1. The normalized spacial score (nSPS) is 19.4. The Balaban J connectivity index is 1.24. The molecule has 1 amide bonds. The molecule has 0 bridgehead atoms. The predicted octanol–water partition coefficient (Wildman–Crippen LogP) is 3.30. The number of sulfonamides is 1. The molecular weight excluding hydrogens is 606 g/mol. The lowest BCUT2D eigenvalue weighted by atomic mass is 10.0. The van der Waals surface area contributed by atoms with Crippen molar-refractivity contribution in [2.24, 2.45) is 5.92 Å². The lowest BCUT2D eigenvalue weighted by molar-refractivity contribution is 0.168. The van der Waals surface area contributed by atoms with Crippen molar-refractivity contribution in [2.45, 2.75) is 50.7 Å². The Kier molecular flexibility index (Phi) is 10.00. The first-order valence-electron chi connectivity index (χ1n) is 14.5. The number of hydrogen-bond acceptors (Lipinski definition) is 10. The maximum absolute atomic E-state index is 11.8. The van der Waals surface area contributed by atoms with Crippen LogP contribution in [0.2, 0.25) is 5.02 Å². The molecule has 3 N–H and O–H groups in total. The van der Waals surface area contributed by atoms with Gasteiger partial charge in [0.25, 0.3) is 0 Å². The van der Waals surface area contributed by atoms with Crippen LogP contribution in [0.25, 0.3) is 16.9 Å². The quantitative estimate of drug-likeness (QED) is 0.299. The van der Waals surface area contributed by atoms with Crippen LogP contribution in [-0.4, -0.2) is 83.6 Å². The number of hydrogen-bond donors (Lipinski definition) is 3. The number of ether oxygens (including phenoxy) is 1. The summed E-state index contributed by atoms with van der Waals surface area (Å²) in [6, 6.07) is 8.26. The number of carbonyl (C=O) groups excluding carboxylic acids is 1. The third-order valence-corrected chi connectivity index (χ3v) is 9.81. The summed E-state index contributed by atoms with van der Waals surface area (Å²) >= 11 is 6.70. The molecule has 1 unspecified atom stereocenters. The molecule has 15 heteroatoms. The number of nitrogens with zero attached hydrogens (tertiary/aromatic N) is 6. The molecule has 2 fully saturated rings. The van der Waals surface area contributed by atoms with Crippen molar-refractivity contribution in [2.75, 3.05) is 38.3 Å². The van der Waals surface area contributed by atoms with E-state index in [1.54, 1.807) is 17.1 Å². The average Bonchev–Trinajstić information content (AvgIpc) is 3.68. The molecule has 5 rings (SSSR count). The Bertz CT molecular complexity index is 1630. The van der Waals surface area contributed by atoms with Crippen LogP contribution in [0.4, 0.5) is 10.7 Å². The van der Waals surface area contributed by atoms with Gasteiger partial charge in [-0.3, -0.25) is 0 Å². The van der Waals surface area contributed by atoms with Gasteiger partial charge in [-0.2, -0.15) is 10.4 Å². The zero-order valence-electron chi connectivity index (χ0n) is 24.7. The molecule has 0 spiro atoms. The fourth-order valence-electron chi connectivity index (χ4n) is 5.78. The highest BCUT2D eigenvalue weighted by atomic mass is 35.5.